The Hall–Kier alpha value is -3.17. The highest BCUT2D eigenvalue weighted by atomic mass is 19.4. The van der Waals surface area contributed by atoms with Crippen molar-refractivity contribution in [2.75, 3.05) is 31.1 Å². The average molecular weight is 486 g/mol. The lowest BCUT2D eigenvalue weighted by Gasteiger charge is -2.31. The standard InChI is InChI=1S/C26H26F3N3O3/c27-26(28,29)22-4-2-1-3-20(22)23-13-16-5-6-18(14-21(16)24(34)30-23)32-12-7-17(25(32)35)15-31-10-8-19(33)9-11-31/h1-6,13-14,17,19,33H,7-12,15H2,(H,30,34). The number of carbonyl (C=O) groups excluding carboxylic acids is 1. The Balaban J connectivity index is 1.40. The van der Waals surface area contributed by atoms with E-state index in [9.17, 15) is 27.9 Å². The Kier molecular flexibility index (Phi) is 6.14. The van der Waals surface area contributed by atoms with Gasteiger partial charge in [-0.3, -0.25) is 9.59 Å². The smallest absolute Gasteiger partial charge is 0.393 e. The molecule has 2 aliphatic heterocycles. The molecule has 184 valence electrons. The number of alkyl halides is 3. The lowest BCUT2D eigenvalue weighted by molar-refractivity contribution is -0.137. The van der Waals surface area contributed by atoms with E-state index in [2.05, 4.69) is 9.88 Å². The number of fused-ring (bicyclic) bond motifs is 1. The first-order chi connectivity index (χ1) is 16.7. The largest absolute Gasteiger partial charge is 0.417 e. The molecule has 1 atom stereocenters. The van der Waals surface area contributed by atoms with Gasteiger partial charge in [-0.2, -0.15) is 13.2 Å². The van der Waals surface area contributed by atoms with Gasteiger partial charge >= 0.3 is 6.18 Å². The summed E-state index contributed by atoms with van der Waals surface area (Å²) in [4.78, 5) is 32.4. The molecule has 1 amide bonds. The summed E-state index contributed by atoms with van der Waals surface area (Å²) in [6.07, 6.45) is -2.67. The summed E-state index contributed by atoms with van der Waals surface area (Å²) < 4.78 is 40.4. The molecule has 3 aromatic rings. The first-order valence-corrected chi connectivity index (χ1v) is 11.8. The number of aromatic nitrogens is 1. The van der Waals surface area contributed by atoms with E-state index in [0.717, 1.165) is 19.2 Å². The number of halogens is 3. The van der Waals surface area contributed by atoms with Gasteiger partial charge in [-0.15, -0.1) is 0 Å². The highest BCUT2D eigenvalue weighted by Crippen LogP contribution is 2.37. The topological polar surface area (TPSA) is 76.6 Å². The fourth-order valence-corrected chi connectivity index (χ4v) is 5.10. The van der Waals surface area contributed by atoms with Gasteiger partial charge in [-0.1, -0.05) is 24.3 Å². The Morgan fingerprint density at radius 1 is 0.971 bits per heavy atom. The summed E-state index contributed by atoms with van der Waals surface area (Å²) in [5, 5.41) is 10.5. The predicted octanol–water partition coefficient (Wildman–Crippen LogP) is 4.02. The Morgan fingerprint density at radius 3 is 2.46 bits per heavy atom. The van der Waals surface area contributed by atoms with Crippen LogP contribution >= 0.6 is 0 Å². The molecule has 35 heavy (non-hydrogen) atoms. The van der Waals surface area contributed by atoms with E-state index < -0.39 is 17.3 Å². The lowest BCUT2D eigenvalue weighted by atomic mass is 10.0. The summed E-state index contributed by atoms with van der Waals surface area (Å²) >= 11 is 0. The molecule has 2 saturated heterocycles. The Morgan fingerprint density at radius 2 is 1.71 bits per heavy atom. The molecule has 2 N–H and O–H groups in total. The molecule has 0 saturated carbocycles. The van der Waals surface area contributed by atoms with Crippen LogP contribution in [-0.2, 0) is 11.0 Å². The molecule has 2 aromatic carbocycles. The zero-order chi connectivity index (χ0) is 24.7. The van der Waals surface area contributed by atoms with Crippen LogP contribution in [0.4, 0.5) is 18.9 Å². The third-order valence-electron chi connectivity index (χ3n) is 7.02. The number of aliphatic hydroxyl groups excluding tert-OH is 1. The normalized spacial score (nSPS) is 20.2. The summed E-state index contributed by atoms with van der Waals surface area (Å²) in [6, 6.07) is 11.7. The second-order valence-corrected chi connectivity index (χ2v) is 9.33. The van der Waals surface area contributed by atoms with Crippen LogP contribution in [0.25, 0.3) is 22.0 Å². The SMILES string of the molecule is O=C1C(CN2CCC(O)CC2)CCN1c1ccc2cc(-c3ccccc3C(F)(F)F)[nH]c(=O)c2c1. The maximum Gasteiger partial charge on any atom is 0.417 e. The molecular weight excluding hydrogens is 459 g/mol. The molecule has 3 heterocycles. The van der Waals surface area contributed by atoms with Crippen LogP contribution in [0.5, 0.6) is 0 Å². The maximum absolute atomic E-state index is 13.5. The first kappa shape index (κ1) is 23.6. The number of piperidine rings is 1. The molecule has 1 aromatic heterocycles. The molecule has 0 spiro atoms. The summed E-state index contributed by atoms with van der Waals surface area (Å²) in [5.41, 5.74) is -0.721. The number of hydrogen-bond donors (Lipinski definition) is 2. The molecule has 9 heteroatoms. The quantitative estimate of drug-likeness (QED) is 0.585. The van der Waals surface area contributed by atoms with Gasteiger partial charge < -0.3 is 19.9 Å². The number of nitrogens with one attached hydrogen (secondary N) is 1. The van der Waals surface area contributed by atoms with E-state index in [1.54, 1.807) is 23.1 Å². The monoisotopic (exact) mass is 485 g/mol. The summed E-state index contributed by atoms with van der Waals surface area (Å²) in [6.45, 7) is 2.74. The molecule has 0 bridgehead atoms. The maximum atomic E-state index is 13.5. The van der Waals surface area contributed by atoms with Gasteiger partial charge in [0.15, 0.2) is 0 Å². The molecule has 0 aliphatic carbocycles. The number of aromatic amines is 1. The second-order valence-electron chi connectivity index (χ2n) is 9.33. The van der Waals surface area contributed by atoms with Gasteiger partial charge in [0.2, 0.25) is 5.91 Å². The Bertz CT molecular complexity index is 1310. The third kappa shape index (κ3) is 4.70. The Labute approximate surface area is 200 Å². The number of aliphatic hydroxyl groups is 1. The number of H-pyrrole nitrogens is 1. The van der Waals surface area contributed by atoms with Gasteiger partial charge in [0.25, 0.3) is 5.56 Å². The zero-order valence-corrected chi connectivity index (χ0v) is 19.0. The zero-order valence-electron chi connectivity index (χ0n) is 19.0. The van der Waals surface area contributed by atoms with Gasteiger partial charge in [0, 0.05) is 48.5 Å². The van der Waals surface area contributed by atoms with Gasteiger partial charge in [0.05, 0.1) is 17.6 Å². The molecule has 1 unspecified atom stereocenters. The van der Waals surface area contributed by atoms with Crippen molar-refractivity contribution in [3.05, 3.63) is 64.4 Å². The van der Waals surface area contributed by atoms with E-state index >= 15 is 0 Å². The number of benzene rings is 2. The molecule has 2 aliphatic rings. The van der Waals surface area contributed by atoms with Crippen molar-refractivity contribution in [3.8, 4) is 11.3 Å². The van der Waals surface area contributed by atoms with Gasteiger partial charge in [0.1, 0.15) is 0 Å². The van der Waals surface area contributed by atoms with Gasteiger partial charge in [-0.25, -0.2) is 0 Å². The molecule has 5 rings (SSSR count). The van der Waals surface area contributed by atoms with E-state index in [0.29, 0.717) is 48.8 Å². The summed E-state index contributed by atoms with van der Waals surface area (Å²) in [5.74, 6) is -0.136. The minimum Gasteiger partial charge on any atom is -0.393 e. The first-order valence-electron chi connectivity index (χ1n) is 11.8. The number of rotatable bonds is 4. The fourth-order valence-electron chi connectivity index (χ4n) is 5.10. The second kappa shape index (κ2) is 9.13. The number of amides is 1. The average Bonchev–Trinajstić information content (AvgIpc) is 3.19. The van der Waals surface area contributed by atoms with Crippen LogP contribution in [0.2, 0.25) is 0 Å². The number of pyridine rings is 1. The van der Waals surface area contributed by atoms with Crippen LogP contribution in [-0.4, -0.2) is 53.2 Å². The fraction of sp³-hybridized carbons (Fsp3) is 0.385. The van der Waals surface area contributed by atoms with Crippen molar-refractivity contribution in [2.45, 2.75) is 31.5 Å². The number of carbonyl (C=O) groups is 1. The number of nitrogens with zero attached hydrogens (tertiary/aromatic N) is 2. The molecular formula is C26H26F3N3O3. The lowest BCUT2D eigenvalue weighted by Crippen LogP contribution is -2.40. The van der Waals surface area contributed by atoms with Crippen molar-refractivity contribution in [3.63, 3.8) is 0 Å². The van der Waals surface area contributed by atoms with Crippen molar-refractivity contribution < 1.29 is 23.1 Å². The van der Waals surface area contributed by atoms with E-state index in [1.165, 1.54) is 24.3 Å². The highest BCUT2D eigenvalue weighted by Gasteiger charge is 2.35. The molecule has 0 radical (unpaired) electrons. The summed E-state index contributed by atoms with van der Waals surface area (Å²) in [7, 11) is 0. The van der Waals surface area contributed by atoms with Crippen LogP contribution in [0.3, 0.4) is 0 Å². The van der Waals surface area contributed by atoms with Crippen LogP contribution in [0, 0.1) is 5.92 Å². The minimum atomic E-state index is -4.55. The van der Waals surface area contributed by atoms with Crippen molar-refractivity contribution in [1.29, 1.82) is 0 Å². The minimum absolute atomic E-state index is 0.00243. The number of likely N-dealkylation sites (tertiary alicyclic amines) is 1. The third-order valence-corrected chi connectivity index (χ3v) is 7.02. The highest BCUT2D eigenvalue weighted by molar-refractivity contribution is 5.99. The van der Waals surface area contributed by atoms with E-state index in [4.69, 9.17) is 0 Å². The van der Waals surface area contributed by atoms with E-state index in [1.807, 2.05) is 0 Å². The van der Waals surface area contributed by atoms with Crippen LogP contribution in [0.1, 0.15) is 24.8 Å². The van der Waals surface area contributed by atoms with Crippen molar-refractivity contribution in [1.82, 2.24) is 9.88 Å². The van der Waals surface area contributed by atoms with Crippen molar-refractivity contribution >= 4 is 22.4 Å². The molecule has 6 nitrogen and oxygen atoms in total. The van der Waals surface area contributed by atoms with E-state index in [-0.39, 0.29) is 29.2 Å². The number of hydrogen-bond acceptors (Lipinski definition) is 4. The predicted molar refractivity (Wildman–Crippen MR) is 127 cm³/mol. The van der Waals surface area contributed by atoms with Crippen molar-refractivity contribution in [2.24, 2.45) is 5.92 Å². The van der Waals surface area contributed by atoms with Crippen LogP contribution in [0.15, 0.2) is 53.3 Å². The van der Waals surface area contributed by atoms with Crippen LogP contribution < -0.4 is 10.5 Å². The number of anilines is 1. The molecule has 2 fully saturated rings. The van der Waals surface area contributed by atoms with Gasteiger partial charge in [-0.05, 0) is 48.9 Å².